The smallest absolute Gasteiger partial charge is 0.265 e. The van der Waals surface area contributed by atoms with Crippen molar-refractivity contribution < 1.29 is 9.53 Å². The lowest BCUT2D eigenvalue weighted by atomic mass is 10.0. The van der Waals surface area contributed by atoms with Crippen LogP contribution < -0.4 is 9.57 Å². The number of benzene rings is 1. The van der Waals surface area contributed by atoms with Gasteiger partial charge in [-0.3, -0.25) is 9.63 Å². The zero-order valence-electron chi connectivity index (χ0n) is 12.8. The summed E-state index contributed by atoms with van der Waals surface area (Å²) < 4.78 is 5.74. The Morgan fingerprint density at radius 1 is 1.23 bits per heavy atom. The molecule has 2 aliphatic rings. The summed E-state index contributed by atoms with van der Waals surface area (Å²) in [4.78, 5) is 16.0. The highest BCUT2D eigenvalue weighted by molar-refractivity contribution is 6.24. The summed E-state index contributed by atoms with van der Waals surface area (Å²) >= 11 is 5.29. The SMILES string of the molecule is O=C(NCl)c1ccc(OCCCN2C[C@H]3CCC[C@H]3C2)cc1. The van der Waals surface area contributed by atoms with Crippen LogP contribution in [0.2, 0.25) is 0 Å². The summed E-state index contributed by atoms with van der Waals surface area (Å²) in [5, 5.41) is 0. The van der Waals surface area contributed by atoms with Gasteiger partial charge < -0.3 is 9.64 Å². The molecule has 22 heavy (non-hydrogen) atoms. The van der Waals surface area contributed by atoms with Gasteiger partial charge in [0.15, 0.2) is 0 Å². The normalized spacial score (nSPS) is 24.2. The van der Waals surface area contributed by atoms with Gasteiger partial charge in [-0.1, -0.05) is 6.42 Å². The minimum atomic E-state index is -0.298. The molecule has 1 heterocycles. The number of likely N-dealkylation sites (tertiary alicyclic amines) is 1. The Kier molecular flexibility index (Phi) is 5.21. The first-order chi connectivity index (χ1) is 10.8. The van der Waals surface area contributed by atoms with Crippen LogP contribution in [0.15, 0.2) is 24.3 Å². The van der Waals surface area contributed by atoms with Crippen LogP contribution in [-0.2, 0) is 0 Å². The third kappa shape index (κ3) is 3.73. The van der Waals surface area contributed by atoms with Gasteiger partial charge in [0.1, 0.15) is 5.75 Å². The van der Waals surface area contributed by atoms with Crippen molar-refractivity contribution in [2.75, 3.05) is 26.2 Å². The number of rotatable bonds is 6. The van der Waals surface area contributed by atoms with Gasteiger partial charge in [0.05, 0.1) is 6.61 Å². The molecule has 0 unspecified atom stereocenters. The first kappa shape index (κ1) is 15.6. The average molecular weight is 323 g/mol. The van der Waals surface area contributed by atoms with Crippen molar-refractivity contribution in [3.8, 4) is 5.75 Å². The van der Waals surface area contributed by atoms with E-state index in [2.05, 4.69) is 9.74 Å². The molecule has 0 bridgehead atoms. The fraction of sp³-hybridized carbons (Fsp3) is 0.588. The highest BCUT2D eigenvalue weighted by Gasteiger charge is 2.35. The number of ether oxygens (including phenoxy) is 1. The first-order valence-electron chi connectivity index (χ1n) is 8.12. The minimum absolute atomic E-state index is 0.298. The van der Waals surface area contributed by atoms with Crippen LogP contribution in [0.4, 0.5) is 0 Å². The zero-order chi connectivity index (χ0) is 15.4. The van der Waals surface area contributed by atoms with E-state index in [-0.39, 0.29) is 5.91 Å². The molecule has 4 nitrogen and oxygen atoms in total. The number of carbonyl (C=O) groups excluding carboxylic acids is 1. The molecule has 1 aliphatic carbocycles. The van der Waals surface area contributed by atoms with Gasteiger partial charge in [-0.25, -0.2) is 0 Å². The number of hydrogen-bond donors (Lipinski definition) is 1. The van der Waals surface area contributed by atoms with E-state index in [0.717, 1.165) is 30.6 Å². The monoisotopic (exact) mass is 322 g/mol. The number of amides is 1. The molecular weight excluding hydrogens is 300 g/mol. The van der Waals surface area contributed by atoms with Crippen molar-refractivity contribution in [1.82, 2.24) is 9.74 Å². The quantitative estimate of drug-likeness (QED) is 0.646. The summed E-state index contributed by atoms with van der Waals surface area (Å²) in [7, 11) is 0. The number of fused-ring (bicyclic) bond motifs is 1. The van der Waals surface area contributed by atoms with Crippen molar-refractivity contribution in [3.05, 3.63) is 29.8 Å². The molecule has 0 spiro atoms. The van der Waals surface area contributed by atoms with Crippen molar-refractivity contribution >= 4 is 17.7 Å². The van der Waals surface area contributed by atoms with Gasteiger partial charge >= 0.3 is 0 Å². The van der Waals surface area contributed by atoms with E-state index in [1.54, 1.807) is 12.1 Å². The van der Waals surface area contributed by atoms with Gasteiger partial charge in [-0.2, -0.15) is 0 Å². The van der Waals surface area contributed by atoms with Gasteiger partial charge in [0.2, 0.25) is 0 Å². The second kappa shape index (κ2) is 7.34. The predicted octanol–water partition coefficient (Wildman–Crippen LogP) is 3.07. The van der Waals surface area contributed by atoms with Gasteiger partial charge in [-0.05, 0) is 55.4 Å². The van der Waals surface area contributed by atoms with E-state index in [9.17, 15) is 4.79 Å². The fourth-order valence-electron chi connectivity index (χ4n) is 3.75. The molecule has 1 aliphatic heterocycles. The molecule has 2 atom stereocenters. The van der Waals surface area contributed by atoms with E-state index in [1.165, 1.54) is 32.4 Å². The van der Waals surface area contributed by atoms with Crippen LogP contribution in [0, 0.1) is 11.8 Å². The lowest BCUT2D eigenvalue weighted by Gasteiger charge is -2.16. The molecule has 1 saturated heterocycles. The molecule has 1 saturated carbocycles. The molecule has 120 valence electrons. The Labute approximate surface area is 136 Å². The predicted molar refractivity (Wildman–Crippen MR) is 87.1 cm³/mol. The standard InChI is InChI=1S/C17H23ClN2O2/c18-19-17(21)13-5-7-16(8-6-13)22-10-2-9-20-11-14-3-1-4-15(14)12-20/h5-8,14-15H,1-4,9-12H2,(H,19,21)/t14-,15+. The van der Waals surface area contributed by atoms with Crippen molar-refractivity contribution in [2.45, 2.75) is 25.7 Å². The van der Waals surface area contributed by atoms with Crippen LogP contribution in [0.25, 0.3) is 0 Å². The lowest BCUT2D eigenvalue weighted by molar-refractivity contribution is 0.0982. The number of carbonyl (C=O) groups is 1. The zero-order valence-corrected chi connectivity index (χ0v) is 13.5. The number of hydrogen-bond acceptors (Lipinski definition) is 3. The Bertz CT molecular complexity index is 494. The maximum absolute atomic E-state index is 11.3. The van der Waals surface area contributed by atoms with Gasteiger partial charge in [0.25, 0.3) is 5.91 Å². The number of nitrogens with one attached hydrogen (secondary N) is 1. The highest BCUT2D eigenvalue weighted by Crippen LogP contribution is 2.37. The first-order valence-corrected chi connectivity index (χ1v) is 8.50. The van der Waals surface area contributed by atoms with E-state index < -0.39 is 0 Å². The topological polar surface area (TPSA) is 41.6 Å². The van der Waals surface area contributed by atoms with Crippen LogP contribution in [-0.4, -0.2) is 37.0 Å². The molecule has 2 fully saturated rings. The number of halogens is 1. The molecule has 0 aromatic heterocycles. The molecular formula is C17H23ClN2O2. The minimum Gasteiger partial charge on any atom is -0.494 e. The molecule has 5 heteroatoms. The van der Waals surface area contributed by atoms with E-state index in [4.69, 9.17) is 16.5 Å². The Morgan fingerprint density at radius 2 is 1.91 bits per heavy atom. The Hall–Kier alpha value is -1.26. The summed E-state index contributed by atoms with van der Waals surface area (Å²) in [5.41, 5.74) is 0.533. The lowest BCUT2D eigenvalue weighted by Crippen LogP contribution is -2.24. The molecule has 3 rings (SSSR count). The molecule has 1 aromatic rings. The van der Waals surface area contributed by atoms with Crippen LogP contribution in [0.1, 0.15) is 36.0 Å². The summed E-state index contributed by atoms with van der Waals surface area (Å²) in [6.45, 7) is 4.41. The molecule has 0 radical (unpaired) electrons. The Balaban J connectivity index is 1.36. The third-order valence-electron chi connectivity index (χ3n) is 4.89. The largest absolute Gasteiger partial charge is 0.494 e. The summed E-state index contributed by atoms with van der Waals surface area (Å²) in [6, 6.07) is 7.05. The second-order valence-electron chi connectivity index (χ2n) is 6.36. The highest BCUT2D eigenvalue weighted by atomic mass is 35.5. The van der Waals surface area contributed by atoms with Crippen LogP contribution in [0.5, 0.6) is 5.75 Å². The van der Waals surface area contributed by atoms with Gasteiger partial charge in [-0.15, -0.1) is 0 Å². The third-order valence-corrected chi connectivity index (χ3v) is 5.06. The maximum Gasteiger partial charge on any atom is 0.265 e. The number of nitrogens with zero attached hydrogens (tertiary/aromatic N) is 1. The fourth-order valence-corrected chi connectivity index (χ4v) is 3.86. The summed E-state index contributed by atoms with van der Waals surface area (Å²) in [6.07, 6.45) is 5.34. The summed E-state index contributed by atoms with van der Waals surface area (Å²) in [5.74, 6) is 2.42. The molecule has 1 N–H and O–H groups in total. The van der Waals surface area contributed by atoms with Crippen LogP contribution in [0.3, 0.4) is 0 Å². The van der Waals surface area contributed by atoms with Crippen molar-refractivity contribution in [1.29, 1.82) is 0 Å². The Morgan fingerprint density at radius 3 is 2.55 bits per heavy atom. The van der Waals surface area contributed by atoms with Crippen molar-refractivity contribution in [2.24, 2.45) is 11.8 Å². The average Bonchev–Trinajstić information content (AvgIpc) is 3.13. The molecule has 1 aromatic carbocycles. The van der Waals surface area contributed by atoms with E-state index in [0.29, 0.717) is 12.2 Å². The van der Waals surface area contributed by atoms with Crippen LogP contribution >= 0.6 is 11.8 Å². The van der Waals surface area contributed by atoms with Gasteiger partial charge in [0, 0.05) is 37.0 Å². The second-order valence-corrected chi connectivity index (χ2v) is 6.55. The van der Waals surface area contributed by atoms with E-state index in [1.807, 2.05) is 12.1 Å². The van der Waals surface area contributed by atoms with E-state index >= 15 is 0 Å². The van der Waals surface area contributed by atoms with Crippen molar-refractivity contribution in [3.63, 3.8) is 0 Å². The molecule has 1 amide bonds. The maximum atomic E-state index is 11.3.